The highest BCUT2D eigenvalue weighted by molar-refractivity contribution is 6.14. The van der Waals surface area contributed by atoms with E-state index in [4.69, 9.17) is 0 Å². The largest absolute Gasteiger partial charge is 0.310 e. The van der Waals surface area contributed by atoms with Crippen LogP contribution in [0.1, 0.15) is 47.2 Å². The van der Waals surface area contributed by atoms with E-state index in [1.807, 2.05) is 0 Å². The third-order valence-electron chi connectivity index (χ3n) is 16.7. The van der Waals surface area contributed by atoms with E-state index < -0.39 is 5.41 Å². The highest BCUT2D eigenvalue weighted by Gasteiger charge is 2.50. The van der Waals surface area contributed by atoms with Gasteiger partial charge in [0, 0.05) is 22.4 Å². The summed E-state index contributed by atoms with van der Waals surface area (Å²) in [5, 5.41) is 5.09. The molecule has 1 unspecified atom stereocenters. The maximum absolute atomic E-state index is 2.51. The van der Waals surface area contributed by atoms with Gasteiger partial charge < -0.3 is 4.90 Å². The maximum Gasteiger partial charge on any atom is 0.0725 e. The van der Waals surface area contributed by atoms with Gasteiger partial charge in [0.1, 0.15) is 0 Å². The minimum Gasteiger partial charge on any atom is -0.310 e. The molecule has 3 aliphatic carbocycles. The zero-order chi connectivity index (χ0) is 48.4. The Bertz CT molecular complexity index is 4250. The molecule has 1 atom stereocenters. The first-order chi connectivity index (χ1) is 36.0. The Kier molecular flexibility index (Phi) is 8.99. The van der Waals surface area contributed by atoms with Crippen LogP contribution in [0.3, 0.4) is 0 Å². The van der Waals surface area contributed by atoms with E-state index in [2.05, 4.69) is 280 Å². The number of benzene rings is 12. The summed E-state index contributed by atoms with van der Waals surface area (Å²) in [5.41, 5.74) is 25.6. The van der Waals surface area contributed by atoms with E-state index in [1.54, 1.807) is 0 Å². The fraction of sp³-hybridized carbons (Fsp3) is 0.0556. The highest BCUT2D eigenvalue weighted by Crippen LogP contribution is 2.63. The molecule has 1 heteroatoms. The van der Waals surface area contributed by atoms with Gasteiger partial charge in [-0.3, -0.25) is 0 Å². The molecule has 73 heavy (non-hydrogen) atoms. The zero-order valence-electron chi connectivity index (χ0n) is 40.8. The molecule has 0 bridgehead atoms. The van der Waals surface area contributed by atoms with Crippen LogP contribution in [-0.4, -0.2) is 0 Å². The Hall–Kier alpha value is -9.04. The van der Waals surface area contributed by atoms with E-state index in [-0.39, 0.29) is 5.41 Å². The average Bonchev–Trinajstić information content (AvgIpc) is 3.85. The molecular formula is C72H49N. The van der Waals surface area contributed by atoms with Crippen molar-refractivity contribution in [2.24, 2.45) is 0 Å². The average molecular weight is 928 g/mol. The molecule has 342 valence electrons. The molecule has 0 amide bonds. The van der Waals surface area contributed by atoms with Crippen LogP contribution in [0.25, 0.3) is 88.3 Å². The second kappa shape index (κ2) is 15.7. The van der Waals surface area contributed by atoms with Crippen LogP contribution in [0, 0.1) is 0 Å². The van der Waals surface area contributed by atoms with Gasteiger partial charge in [0.05, 0.1) is 11.1 Å². The number of hydrogen-bond donors (Lipinski definition) is 0. The first kappa shape index (κ1) is 41.7. The molecular weight excluding hydrogens is 879 g/mol. The van der Waals surface area contributed by atoms with Gasteiger partial charge in [-0.15, -0.1) is 0 Å². The van der Waals surface area contributed by atoms with E-state index in [0.29, 0.717) is 0 Å². The number of hydrogen-bond acceptors (Lipinski definition) is 1. The molecule has 0 aromatic heterocycles. The predicted octanol–water partition coefficient (Wildman–Crippen LogP) is 19.1. The Labute approximate surface area is 427 Å². The molecule has 1 spiro atoms. The predicted molar refractivity (Wildman–Crippen MR) is 306 cm³/mol. The third-order valence-corrected chi connectivity index (χ3v) is 16.7. The van der Waals surface area contributed by atoms with Crippen molar-refractivity contribution in [2.75, 3.05) is 4.90 Å². The van der Waals surface area contributed by atoms with Crippen molar-refractivity contribution in [3.63, 3.8) is 0 Å². The lowest BCUT2D eigenvalue weighted by atomic mass is 9.66. The molecule has 0 N–H and O–H groups in total. The molecule has 0 heterocycles. The van der Waals surface area contributed by atoms with Crippen LogP contribution >= 0.6 is 0 Å². The van der Waals surface area contributed by atoms with Crippen LogP contribution in [0.5, 0.6) is 0 Å². The summed E-state index contributed by atoms with van der Waals surface area (Å²) in [5.74, 6) is 0. The van der Waals surface area contributed by atoms with Crippen molar-refractivity contribution in [1.82, 2.24) is 0 Å². The number of fused-ring (bicyclic) bond motifs is 18. The third kappa shape index (κ3) is 5.85. The SMILES string of the molecule is CC1(C)c2ccccc2-c2ccc(N(c3ccc4c(c3)-c3ccccc3C3(c5ccccc5-4)c4ccccc4-c4c(-c5cccc6c5ccc5ccccc56)cccc43)c3ccccc3-c3ccccc3)cc21. The number of nitrogens with zero attached hydrogens (tertiary/aromatic N) is 1. The van der Waals surface area contributed by atoms with Crippen molar-refractivity contribution < 1.29 is 0 Å². The van der Waals surface area contributed by atoms with Crippen LogP contribution in [0.2, 0.25) is 0 Å². The second-order valence-electron chi connectivity index (χ2n) is 20.7. The summed E-state index contributed by atoms with van der Waals surface area (Å²) >= 11 is 0. The molecule has 0 aliphatic heterocycles. The summed E-state index contributed by atoms with van der Waals surface area (Å²) in [6, 6.07) is 98.2. The van der Waals surface area contributed by atoms with Gasteiger partial charge in [0.2, 0.25) is 0 Å². The number of para-hydroxylation sites is 1. The molecule has 1 nitrogen and oxygen atoms in total. The summed E-state index contributed by atoms with van der Waals surface area (Å²) in [6.07, 6.45) is 0. The van der Waals surface area contributed by atoms with Crippen LogP contribution in [0.4, 0.5) is 17.1 Å². The molecule has 15 rings (SSSR count). The topological polar surface area (TPSA) is 3.24 Å². The first-order valence-electron chi connectivity index (χ1n) is 25.7. The van der Waals surface area contributed by atoms with Gasteiger partial charge in [-0.25, -0.2) is 0 Å². The van der Waals surface area contributed by atoms with Gasteiger partial charge in [0.15, 0.2) is 0 Å². The molecule has 0 saturated heterocycles. The van der Waals surface area contributed by atoms with Crippen LogP contribution in [0.15, 0.2) is 261 Å². The first-order valence-corrected chi connectivity index (χ1v) is 25.7. The Morgan fingerprint density at radius 3 is 1.55 bits per heavy atom. The number of rotatable bonds is 5. The van der Waals surface area contributed by atoms with Gasteiger partial charge in [-0.05, 0) is 146 Å². The molecule has 0 radical (unpaired) electrons. The summed E-state index contributed by atoms with van der Waals surface area (Å²) in [4.78, 5) is 2.51. The van der Waals surface area contributed by atoms with Crippen molar-refractivity contribution in [3.8, 4) is 66.8 Å². The normalized spacial score (nSPS) is 15.2. The number of anilines is 3. The summed E-state index contributed by atoms with van der Waals surface area (Å²) in [6.45, 7) is 4.75. The smallest absolute Gasteiger partial charge is 0.0725 e. The van der Waals surface area contributed by atoms with Gasteiger partial charge >= 0.3 is 0 Å². The molecule has 12 aromatic carbocycles. The minimum absolute atomic E-state index is 0.160. The van der Waals surface area contributed by atoms with Crippen molar-refractivity contribution in [1.29, 1.82) is 0 Å². The van der Waals surface area contributed by atoms with E-state index in [0.717, 1.165) is 17.1 Å². The molecule has 3 aliphatic rings. The Morgan fingerprint density at radius 1 is 0.274 bits per heavy atom. The maximum atomic E-state index is 2.51. The van der Waals surface area contributed by atoms with Gasteiger partial charge in [-0.1, -0.05) is 244 Å². The lowest BCUT2D eigenvalue weighted by Gasteiger charge is -2.35. The fourth-order valence-corrected chi connectivity index (χ4v) is 13.6. The van der Waals surface area contributed by atoms with Crippen molar-refractivity contribution in [2.45, 2.75) is 24.7 Å². The summed E-state index contributed by atoms with van der Waals surface area (Å²) in [7, 11) is 0. The lowest BCUT2D eigenvalue weighted by Crippen LogP contribution is -2.29. The van der Waals surface area contributed by atoms with Crippen molar-refractivity contribution >= 4 is 38.6 Å². The highest BCUT2D eigenvalue weighted by atomic mass is 15.1. The lowest BCUT2D eigenvalue weighted by molar-refractivity contribution is 0.660. The second-order valence-corrected chi connectivity index (χ2v) is 20.7. The van der Waals surface area contributed by atoms with Crippen LogP contribution in [-0.2, 0) is 10.8 Å². The van der Waals surface area contributed by atoms with Crippen LogP contribution < -0.4 is 4.90 Å². The standard InChI is InChI=1S/C72H49N/c1-71(2)63-32-13-8-26-57(63)59-43-40-49(45-68(59)71)73(69-37-17-12-24-51(69)46-20-4-3-5-21-46)48-39-42-55-56-25-9-14-33-64(56)72(65-34-15-10-27-58(65)62(55)44-48)66-35-16-11-28-61(66)70-60(31-19-36-67(70)72)53-30-18-29-52-50-23-7-6-22-47(50)38-41-54(52)53/h3-45H,1-2H3. The fourth-order valence-electron chi connectivity index (χ4n) is 13.6. The van der Waals surface area contributed by atoms with Gasteiger partial charge in [-0.2, -0.15) is 0 Å². The Balaban J connectivity index is 0.985. The summed E-state index contributed by atoms with van der Waals surface area (Å²) < 4.78 is 0. The zero-order valence-corrected chi connectivity index (χ0v) is 40.8. The van der Waals surface area contributed by atoms with E-state index in [9.17, 15) is 0 Å². The van der Waals surface area contributed by atoms with E-state index in [1.165, 1.54) is 122 Å². The monoisotopic (exact) mass is 927 g/mol. The quantitative estimate of drug-likeness (QED) is 0.156. The molecule has 0 fully saturated rings. The molecule has 0 saturated carbocycles. The van der Waals surface area contributed by atoms with Crippen molar-refractivity contribution in [3.05, 3.63) is 294 Å². The minimum atomic E-state index is -0.619. The van der Waals surface area contributed by atoms with Gasteiger partial charge in [0.25, 0.3) is 0 Å². The Morgan fingerprint density at radius 2 is 0.781 bits per heavy atom. The van der Waals surface area contributed by atoms with E-state index >= 15 is 0 Å². The molecule has 12 aromatic rings.